The minimum atomic E-state index is -0.962. The molecular weight excluding hydrogens is 397 g/mol. The minimum Gasteiger partial charge on any atom is -0.352 e. The number of hydrogen-bond acceptors (Lipinski definition) is 4. The van der Waals surface area contributed by atoms with E-state index in [1.54, 1.807) is 35.5 Å². The lowest BCUT2D eigenvalue weighted by atomic mass is 9.98. The molecule has 0 aliphatic carbocycles. The van der Waals surface area contributed by atoms with Crippen LogP contribution in [0.25, 0.3) is 16.9 Å². The summed E-state index contributed by atoms with van der Waals surface area (Å²) in [5.74, 6) is -0.659. The van der Waals surface area contributed by atoms with Gasteiger partial charge < -0.3 is 10.2 Å². The molecule has 1 aliphatic heterocycles. The second-order valence-corrected chi connectivity index (χ2v) is 8.76. The summed E-state index contributed by atoms with van der Waals surface area (Å²) >= 11 is 0. The van der Waals surface area contributed by atoms with Crippen molar-refractivity contribution in [3.8, 4) is 11.3 Å². The molecule has 31 heavy (non-hydrogen) atoms. The zero-order valence-corrected chi connectivity index (χ0v) is 18.4. The Morgan fingerprint density at radius 2 is 2.00 bits per heavy atom. The van der Waals surface area contributed by atoms with E-state index in [0.717, 1.165) is 16.7 Å². The Balaban J connectivity index is 1.82. The van der Waals surface area contributed by atoms with Gasteiger partial charge in [0.1, 0.15) is 17.1 Å². The lowest BCUT2D eigenvalue weighted by Gasteiger charge is -2.40. The molecule has 162 valence electrons. The SMILES string of the molecule is Cc1cc(F)ccc1-c1cc(C(C)C)c2nc(C(=O)N3CCNC(=O)C3(C)C)cn2n1. The van der Waals surface area contributed by atoms with E-state index < -0.39 is 5.54 Å². The number of fused-ring (bicyclic) bond motifs is 1. The van der Waals surface area contributed by atoms with Crippen molar-refractivity contribution in [2.24, 2.45) is 0 Å². The molecule has 0 spiro atoms. The summed E-state index contributed by atoms with van der Waals surface area (Å²) in [5, 5.41) is 7.46. The van der Waals surface area contributed by atoms with Crippen molar-refractivity contribution in [2.75, 3.05) is 13.1 Å². The number of carbonyl (C=O) groups is 2. The molecule has 1 saturated heterocycles. The first kappa shape index (κ1) is 21.0. The van der Waals surface area contributed by atoms with Crippen LogP contribution in [0.1, 0.15) is 55.2 Å². The highest BCUT2D eigenvalue weighted by molar-refractivity contribution is 5.99. The van der Waals surface area contributed by atoms with Gasteiger partial charge in [0.25, 0.3) is 5.91 Å². The van der Waals surface area contributed by atoms with E-state index >= 15 is 0 Å². The first-order valence-corrected chi connectivity index (χ1v) is 10.4. The molecule has 8 heteroatoms. The number of rotatable bonds is 3. The van der Waals surface area contributed by atoms with Crippen LogP contribution in [-0.2, 0) is 4.79 Å². The van der Waals surface area contributed by atoms with Crippen LogP contribution in [0.15, 0.2) is 30.5 Å². The number of carbonyl (C=O) groups excluding carboxylic acids is 2. The largest absolute Gasteiger partial charge is 0.352 e. The molecule has 4 rings (SSSR count). The van der Waals surface area contributed by atoms with E-state index in [1.807, 2.05) is 26.8 Å². The number of benzene rings is 1. The van der Waals surface area contributed by atoms with Crippen molar-refractivity contribution in [1.82, 2.24) is 24.8 Å². The molecule has 1 aromatic carbocycles. The standard InChI is InChI=1S/C23H26FN5O2/c1-13(2)17-11-18(16-7-6-15(24)10-14(16)3)27-29-12-19(26-20(17)29)21(30)28-9-8-25-22(31)23(28,4)5/h6-7,10-13H,8-9H2,1-5H3,(H,25,31). The second-order valence-electron chi connectivity index (χ2n) is 8.76. The van der Waals surface area contributed by atoms with Gasteiger partial charge in [-0.25, -0.2) is 13.9 Å². The lowest BCUT2D eigenvalue weighted by Crippen LogP contribution is -2.63. The molecule has 0 unspecified atom stereocenters. The molecule has 0 radical (unpaired) electrons. The summed E-state index contributed by atoms with van der Waals surface area (Å²) in [5.41, 5.74) is 3.09. The lowest BCUT2D eigenvalue weighted by molar-refractivity contribution is -0.133. The molecule has 0 bridgehead atoms. The van der Waals surface area contributed by atoms with Gasteiger partial charge in [-0.05, 0) is 56.5 Å². The zero-order chi connectivity index (χ0) is 22.5. The molecular formula is C23H26FN5O2. The van der Waals surface area contributed by atoms with Crippen LogP contribution >= 0.6 is 0 Å². The fourth-order valence-corrected chi connectivity index (χ4v) is 3.97. The van der Waals surface area contributed by atoms with E-state index in [0.29, 0.717) is 24.4 Å². The van der Waals surface area contributed by atoms with Crippen LogP contribution in [0.4, 0.5) is 4.39 Å². The predicted molar refractivity (Wildman–Crippen MR) is 115 cm³/mol. The fourth-order valence-electron chi connectivity index (χ4n) is 3.97. The Morgan fingerprint density at radius 1 is 1.26 bits per heavy atom. The van der Waals surface area contributed by atoms with E-state index in [9.17, 15) is 14.0 Å². The average molecular weight is 423 g/mol. The highest BCUT2D eigenvalue weighted by Gasteiger charge is 2.41. The number of imidazole rings is 1. The minimum absolute atomic E-state index is 0.132. The maximum Gasteiger partial charge on any atom is 0.275 e. The number of hydrogen-bond donors (Lipinski definition) is 1. The molecule has 1 fully saturated rings. The van der Waals surface area contributed by atoms with Gasteiger partial charge in [-0.1, -0.05) is 13.8 Å². The second kappa shape index (κ2) is 7.44. The van der Waals surface area contributed by atoms with Gasteiger partial charge in [-0.15, -0.1) is 0 Å². The van der Waals surface area contributed by atoms with Gasteiger partial charge in [-0.3, -0.25) is 9.59 Å². The topological polar surface area (TPSA) is 79.6 Å². The average Bonchev–Trinajstić information content (AvgIpc) is 3.12. The van der Waals surface area contributed by atoms with Gasteiger partial charge in [0.2, 0.25) is 5.91 Å². The van der Waals surface area contributed by atoms with E-state index in [2.05, 4.69) is 15.4 Å². The molecule has 3 aromatic rings. The van der Waals surface area contributed by atoms with Gasteiger partial charge in [0, 0.05) is 24.2 Å². The predicted octanol–water partition coefficient (Wildman–Crippen LogP) is 3.32. The van der Waals surface area contributed by atoms with Crippen molar-refractivity contribution in [3.63, 3.8) is 0 Å². The molecule has 3 heterocycles. The summed E-state index contributed by atoms with van der Waals surface area (Å²) in [6.07, 6.45) is 1.61. The molecule has 7 nitrogen and oxygen atoms in total. The first-order valence-electron chi connectivity index (χ1n) is 10.4. The summed E-state index contributed by atoms with van der Waals surface area (Å²) in [6, 6.07) is 6.54. The number of nitrogens with one attached hydrogen (secondary N) is 1. The van der Waals surface area contributed by atoms with E-state index in [-0.39, 0.29) is 29.2 Å². The maximum absolute atomic E-state index is 13.6. The summed E-state index contributed by atoms with van der Waals surface area (Å²) < 4.78 is 15.2. The number of nitrogens with zero attached hydrogens (tertiary/aromatic N) is 4. The molecule has 0 atom stereocenters. The van der Waals surface area contributed by atoms with E-state index in [4.69, 9.17) is 0 Å². The van der Waals surface area contributed by atoms with Crippen molar-refractivity contribution in [1.29, 1.82) is 0 Å². The maximum atomic E-state index is 13.6. The van der Waals surface area contributed by atoms with Gasteiger partial charge in [0.05, 0.1) is 11.9 Å². The highest BCUT2D eigenvalue weighted by Crippen LogP contribution is 2.29. The Kier molecular flexibility index (Phi) is 5.03. The Bertz CT molecular complexity index is 1200. The van der Waals surface area contributed by atoms with Crippen LogP contribution in [-0.4, -0.2) is 49.9 Å². The summed E-state index contributed by atoms with van der Waals surface area (Å²) in [6.45, 7) is 10.2. The van der Waals surface area contributed by atoms with Gasteiger partial charge in [0.15, 0.2) is 5.65 Å². The third-order valence-electron chi connectivity index (χ3n) is 5.86. The normalized spacial score (nSPS) is 16.1. The van der Waals surface area contributed by atoms with Gasteiger partial charge in [-0.2, -0.15) is 5.10 Å². The number of aromatic nitrogens is 3. The molecule has 1 N–H and O–H groups in total. The number of amides is 2. The monoisotopic (exact) mass is 423 g/mol. The molecule has 0 saturated carbocycles. The van der Waals surface area contributed by atoms with Crippen molar-refractivity contribution >= 4 is 17.5 Å². The Hall–Kier alpha value is -3.29. The third kappa shape index (κ3) is 3.56. The Morgan fingerprint density at radius 3 is 2.68 bits per heavy atom. The van der Waals surface area contributed by atoms with Crippen molar-refractivity contribution in [2.45, 2.75) is 46.1 Å². The highest BCUT2D eigenvalue weighted by atomic mass is 19.1. The third-order valence-corrected chi connectivity index (χ3v) is 5.86. The number of aryl methyl sites for hydroxylation is 1. The van der Waals surface area contributed by atoms with Gasteiger partial charge >= 0.3 is 0 Å². The quantitative estimate of drug-likeness (QED) is 0.701. The number of piperazine rings is 1. The van der Waals surface area contributed by atoms with Crippen molar-refractivity contribution < 1.29 is 14.0 Å². The summed E-state index contributed by atoms with van der Waals surface area (Å²) in [7, 11) is 0. The molecule has 2 aromatic heterocycles. The van der Waals surface area contributed by atoms with Crippen LogP contribution in [0, 0.1) is 12.7 Å². The van der Waals surface area contributed by atoms with E-state index in [1.165, 1.54) is 12.1 Å². The van der Waals surface area contributed by atoms with Crippen molar-refractivity contribution in [3.05, 3.63) is 53.1 Å². The van der Waals surface area contributed by atoms with Crippen LogP contribution < -0.4 is 5.32 Å². The molecule has 1 aliphatic rings. The molecule has 2 amide bonds. The smallest absolute Gasteiger partial charge is 0.275 e. The first-order chi connectivity index (χ1) is 14.6. The van der Waals surface area contributed by atoms with Crippen LogP contribution in [0.2, 0.25) is 0 Å². The van der Waals surface area contributed by atoms with Crippen LogP contribution in [0.3, 0.4) is 0 Å². The summed E-state index contributed by atoms with van der Waals surface area (Å²) in [4.78, 5) is 31.7. The zero-order valence-electron chi connectivity index (χ0n) is 18.4. The number of halogens is 1. The fraction of sp³-hybridized carbons (Fsp3) is 0.391. The Labute approximate surface area is 180 Å². The van der Waals surface area contributed by atoms with Crippen LogP contribution in [0.5, 0.6) is 0 Å².